The first-order chi connectivity index (χ1) is 9.22. The summed E-state index contributed by atoms with van der Waals surface area (Å²) < 4.78 is 0. The van der Waals surface area contributed by atoms with Crippen LogP contribution in [0.4, 0.5) is 0 Å². The summed E-state index contributed by atoms with van der Waals surface area (Å²) in [5.41, 5.74) is 0.257. The smallest absolute Gasteiger partial charge is 0.149 e. The predicted octanol–water partition coefficient (Wildman–Crippen LogP) is 4.00. The average Bonchev–Trinajstić information content (AvgIpc) is 2.88. The first-order valence-corrected chi connectivity index (χ1v) is 8.35. The van der Waals surface area contributed by atoms with Crippen LogP contribution in [0.1, 0.15) is 49.5 Å². The average molecular weight is 272 g/mol. The van der Waals surface area contributed by atoms with Crippen molar-refractivity contribution >= 4 is 11.3 Å². The quantitative estimate of drug-likeness (QED) is 0.766. The molecule has 0 spiro atoms. The summed E-state index contributed by atoms with van der Waals surface area (Å²) in [6, 6.07) is 3.96. The van der Waals surface area contributed by atoms with E-state index in [2.05, 4.69) is 11.8 Å². The van der Waals surface area contributed by atoms with Gasteiger partial charge in [-0.2, -0.15) is 0 Å². The third-order valence-electron chi connectivity index (χ3n) is 5.32. The van der Waals surface area contributed by atoms with Crippen LogP contribution in [0.25, 0.3) is 0 Å². The molecule has 0 aromatic carbocycles. The van der Waals surface area contributed by atoms with Crippen LogP contribution in [0.5, 0.6) is 0 Å². The molecule has 0 radical (unpaired) electrons. The number of aliphatic hydroxyl groups is 1. The molecule has 4 bridgehead atoms. The summed E-state index contributed by atoms with van der Waals surface area (Å²) in [7, 11) is 0. The zero-order chi connectivity index (χ0) is 12.9. The van der Waals surface area contributed by atoms with Crippen LogP contribution in [0.15, 0.2) is 17.5 Å². The minimum Gasteiger partial charge on any atom is -0.375 e. The molecule has 1 nitrogen and oxygen atoms in total. The lowest BCUT2D eigenvalue weighted by atomic mass is 9.50. The predicted molar refractivity (Wildman–Crippen MR) is 77.7 cm³/mol. The van der Waals surface area contributed by atoms with E-state index in [9.17, 15) is 5.11 Å². The molecule has 0 aliphatic heterocycles. The standard InChI is InChI=1S/C17H20OS/c18-15(16-2-1-5-19-16)3-4-17-9-12-6-13(10-17)8-14(7-12)11-17/h1-2,5,12-15,18H,6-11H2. The minimum atomic E-state index is -0.576. The molecule has 19 heavy (non-hydrogen) atoms. The van der Waals surface area contributed by atoms with Crippen molar-refractivity contribution in [1.29, 1.82) is 0 Å². The highest BCUT2D eigenvalue weighted by Gasteiger charge is 2.50. The second kappa shape index (κ2) is 4.36. The van der Waals surface area contributed by atoms with Gasteiger partial charge in [0.25, 0.3) is 0 Å². The fourth-order valence-corrected chi connectivity index (χ4v) is 5.66. The lowest BCUT2D eigenvalue weighted by molar-refractivity contribution is -0.0183. The number of hydrogen-bond acceptors (Lipinski definition) is 2. The van der Waals surface area contributed by atoms with Gasteiger partial charge in [-0.3, -0.25) is 0 Å². The second-order valence-corrected chi connectivity index (χ2v) is 7.86. The third kappa shape index (κ3) is 2.14. The Morgan fingerprint density at radius 2 is 1.79 bits per heavy atom. The largest absolute Gasteiger partial charge is 0.375 e. The van der Waals surface area contributed by atoms with Gasteiger partial charge in [0.15, 0.2) is 0 Å². The van der Waals surface area contributed by atoms with Crippen LogP contribution in [0, 0.1) is 35.0 Å². The van der Waals surface area contributed by atoms with Crippen molar-refractivity contribution < 1.29 is 5.11 Å². The van der Waals surface area contributed by atoms with Gasteiger partial charge in [0.1, 0.15) is 6.10 Å². The molecule has 4 fully saturated rings. The van der Waals surface area contributed by atoms with Crippen molar-refractivity contribution in [2.24, 2.45) is 23.2 Å². The van der Waals surface area contributed by atoms with Crippen LogP contribution < -0.4 is 0 Å². The first kappa shape index (κ1) is 12.0. The Bertz CT molecular complexity index is 484. The van der Waals surface area contributed by atoms with Crippen LogP contribution in [-0.4, -0.2) is 5.11 Å². The van der Waals surface area contributed by atoms with Gasteiger partial charge in [-0.25, -0.2) is 0 Å². The molecule has 4 saturated carbocycles. The molecular weight excluding hydrogens is 252 g/mol. The first-order valence-electron chi connectivity index (χ1n) is 7.47. The number of hydrogen-bond donors (Lipinski definition) is 1. The van der Waals surface area contributed by atoms with Crippen LogP contribution in [-0.2, 0) is 0 Å². The summed E-state index contributed by atoms with van der Waals surface area (Å²) >= 11 is 1.60. The van der Waals surface area contributed by atoms with E-state index in [1.807, 2.05) is 17.5 Å². The van der Waals surface area contributed by atoms with Crippen LogP contribution in [0.3, 0.4) is 0 Å². The molecule has 5 rings (SSSR count). The van der Waals surface area contributed by atoms with Gasteiger partial charge in [-0.1, -0.05) is 17.9 Å². The Morgan fingerprint density at radius 3 is 2.32 bits per heavy atom. The SMILES string of the molecule is OC(C#CC12CC3CC(CC(C3)C1)C2)c1cccs1. The molecule has 1 unspecified atom stereocenters. The van der Waals surface area contributed by atoms with Crippen molar-refractivity contribution in [3.05, 3.63) is 22.4 Å². The van der Waals surface area contributed by atoms with Gasteiger partial charge >= 0.3 is 0 Å². The minimum absolute atomic E-state index is 0.257. The van der Waals surface area contributed by atoms with Gasteiger partial charge in [-0.05, 0) is 67.7 Å². The van der Waals surface area contributed by atoms with E-state index in [4.69, 9.17) is 0 Å². The van der Waals surface area contributed by atoms with E-state index >= 15 is 0 Å². The van der Waals surface area contributed by atoms with Gasteiger partial charge in [-0.15, -0.1) is 11.3 Å². The highest BCUT2D eigenvalue weighted by molar-refractivity contribution is 7.10. The van der Waals surface area contributed by atoms with E-state index in [1.54, 1.807) is 11.3 Å². The van der Waals surface area contributed by atoms with E-state index in [1.165, 1.54) is 38.5 Å². The van der Waals surface area contributed by atoms with E-state index in [-0.39, 0.29) is 5.41 Å². The molecule has 1 N–H and O–H groups in total. The Balaban J connectivity index is 1.57. The molecule has 1 aromatic rings. The summed E-state index contributed by atoms with van der Waals surface area (Å²) in [5, 5.41) is 12.2. The zero-order valence-electron chi connectivity index (χ0n) is 11.1. The van der Waals surface area contributed by atoms with Crippen molar-refractivity contribution in [3.8, 4) is 11.8 Å². The molecular formula is C17H20OS. The lowest BCUT2D eigenvalue weighted by Gasteiger charge is -2.54. The topological polar surface area (TPSA) is 20.2 Å². The summed E-state index contributed by atoms with van der Waals surface area (Å²) in [5.74, 6) is 9.47. The maximum absolute atomic E-state index is 10.1. The Labute approximate surface area is 119 Å². The fourth-order valence-electron chi connectivity index (χ4n) is 5.00. The van der Waals surface area contributed by atoms with Crippen molar-refractivity contribution in [2.45, 2.75) is 44.6 Å². The molecule has 1 atom stereocenters. The molecule has 4 aliphatic carbocycles. The fraction of sp³-hybridized carbons (Fsp3) is 0.647. The summed E-state index contributed by atoms with van der Waals surface area (Å²) in [6.07, 6.45) is 7.67. The Morgan fingerprint density at radius 1 is 1.16 bits per heavy atom. The molecule has 0 amide bonds. The van der Waals surface area contributed by atoms with E-state index in [0.717, 1.165) is 22.6 Å². The highest BCUT2D eigenvalue weighted by atomic mass is 32.1. The van der Waals surface area contributed by atoms with Crippen LogP contribution in [0.2, 0.25) is 0 Å². The van der Waals surface area contributed by atoms with Crippen LogP contribution >= 0.6 is 11.3 Å². The van der Waals surface area contributed by atoms with Crippen molar-refractivity contribution in [3.63, 3.8) is 0 Å². The number of thiophene rings is 1. The maximum Gasteiger partial charge on any atom is 0.149 e. The van der Waals surface area contributed by atoms with E-state index in [0.29, 0.717) is 0 Å². The number of aliphatic hydroxyl groups excluding tert-OH is 1. The maximum atomic E-state index is 10.1. The Kier molecular flexibility index (Phi) is 2.76. The second-order valence-electron chi connectivity index (χ2n) is 6.89. The van der Waals surface area contributed by atoms with Gasteiger partial charge < -0.3 is 5.11 Å². The molecule has 4 aliphatic rings. The van der Waals surface area contributed by atoms with E-state index < -0.39 is 6.10 Å². The molecule has 1 heterocycles. The van der Waals surface area contributed by atoms with Gasteiger partial charge in [0, 0.05) is 10.3 Å². The molecule has 100 valence electrons. The third-order valence-corrected chi connectivity index (χ3v) is 6.25. The van der Waals surface area contributed by atoms with Gasteiger partial charge in [0.2, 0.25) is 0 Å². The molecule has 1 aromatic heterocycles. The molecule has 0 saturated heterocycles. The summed E-state index contributed by atoms with van der Waals surface area (Å²) in [6.45, 7) is 0. The monoisotopic (exact) mass is 272 g/mol. The van der Waals surface area contributed by atoms with Crippen molar-refractivity contribution in [1.82, 2.24) is 0 Å². The Hall–Kier alpha value is -0.780. The van der Waals surface area contributed by atoms with Crippen molar-refractivity contribution in [2.75, 3.05) is 0 Å². The normalized spacial score (nSPS) is 40.8. The lowest BCUT2D eigenvalue weighted by Crippen LogP contribution is -2.45. The zero-order valence-corrected chi connectivity index (χ0v) is 12.0. The van der Waals surface area contributed by atoms with Gasteiger partial charge in [0.05, 0.1) is 0 Å². The summed E-state index contributed by atoms with van der Waals surface area (Å²) in [4.78, 5) is 0.984. The molecule has 2 heteroatoms. The highest BCUT2D eigenvalue weighted by Crippen LogP contribution is 2.59. The number of rotatable bonds is 1.